The lowest BCUT2D eigenvalue weighted by molar-refractivity contribution is -0.154. The van der Waals surface area contributed by atoms with E-state index < -0.39 is 87.6 Å². The van der Waals surface area contributed by atoms with Crippen LogP contribution in [0.25, 0.3) is 0 Å². The highest BCUT2D eigenvalue weighted by Crippen LogP contribution is 2.38. The van der Waals surface area contributed by atoms with Crippen molar-refractivity contribution in [2.75, 3.05) is 19.6 Å². The fraction of sp³-hybridized carbons (Fsp3) is 0.385. The van der Waals surface area contributed by atoms with E-state index in [-0.39, 0.29) is 20.8 Å². The van der Waals surface area contributed by atoms with Gasteiger partial charge in [-0.25, -0.2) is 34.7 Å². The molecule has 42 heavy (non-hydrogen) atoms. The molecule has 5 rings (SSSR count). The molecule has 2 atom stereocenters. The summed E-state index contributed by atoms with van der Waals surface area (Å²) in [6.07, 6.45) is 0.698. The largest absolute Gasteiger partial charge is 0.311 e. The van der Waals surface area contributed by atoms with Crippen LogP contribution in [0.5, 0.6) is 0 Å². The number of hydrogen-bond acceptors (Lipinski definition) is 5. The van der Waals surface area contributed by atoms with Gasteiger partial charge in [-0.15, -0.1) is 0 Å². The van der Waals surface area contributed by atoms with Crippen LogP contribution in [0.4, 0.5) is 22.0 Å². The molecule has 3 aliphatic heterocycles. The third-order valence-electron chi connectivity index (χ3n) is 7.52. The van der Waals surface area contributed by atoms with Gasteiger partial charge in [-0.2, -0.15) is 0 Å². The Morgan fingerprint density at radius 2 is 1.52 bits per heavy atom. The predicted octanol–water partition coefficient (Wildman–Crippen LogP) is 4.26. The summed E-state index contributed by atoms with van der Waals surface area (Å²) in [7, 11) is -4.55. The number of likely N-dealkylation sites (tertiary alicyclic amines) is 1. The fourth-order valence-corrected chi connectivity index (χ4v) is 7.39. The monoisotopic (exact) mass is 652 g/mol. The van der Waals surface area contributed by atoms with Gasteiger partial charge in [-0.1, -0.05) is 23.2 Å². The standard InChI is InChI=1S/C26H23Cl2F5N4O4S/c1-12(2)35-11-19-36(42(40,41)18-5-4-13(27)8-15(18)28)10-17(34-6-3-7-34)26(39)37(19)16(25(35)38)9-14-20(29)22(31)24(33)23(32)21(14)30/h4-5,8,11-12,16-17H,3,6-7,9-10H2,1-2H3. The third-order valence-corrected chi connectivity index (χ3v) is 10.0. The molecule has 2 aromatic carbocycles. The van der Waals surface area contributed by atoms with Gasteiger partial charge in [0, 0.05) is 42.3 Å². The average Bonchev–Trinajstić information content (AvgIpc) is 2.89. The van der Waals surface area contributed by atoms with Crippen LogP contribution in [0.2, 0.25) is 10.0 Å². The van der Waals surface area contributed by atoms with Crippen LogP contribution in [-0.4, -0.2) is 77.0 Å². The number of sulfonamides is 1. The first kappa shape index (κ1) is 30.5. The minimum absolute atomic E-state index is 0.157. The van der Waals surface area contributed by atoms with E-state index in [2.05, 4.69) is 0 Å². The maximum atomic E-state index is 14.8. The van der Waals surface area contributed by atoms with Crippen molar-refractivity contribution in [3.8, 4) is 0 Å². The molecule has 2 amide bonds. The van der Waals surface area contributed by atoms with Crippen molar-refractivity contribution in [2.24, 2.45) is 0 Å². The first-order chi connectivity index (χ1) is 19.7. The number of rotatable bonds is 6. The first-order valence-electron chi connectivity index (χ1n) is 12.8. The van der Waals surface area contributed by atoms with E-state index in [4.69, 9.17) is 23.2 Å². The van der Waals surface area contributed by atoms with Gasteiger partial charge in [-0.05, 0) is 38.5 Å². The molecule has 2 saturated heterocycles. The molecule has 0 bridgehead atoms. The summed E-state index contributed by atoms with van der Waals surface area (Å²) < 4.78 is 101. The summed E-state index contributed by atoms with van der Waals surface area (Å²) >= 11 is 12.2. The van der Waals surface area contributed by atoms with Crippen LogP contribution in [-0.2, 0) is 26.0 Å². The maximum Gasteiger partial charge on any atom is 0.267 e. The minimum Gasteiger partial charge on any atom is -0.311 e. The van der Waals surface area contributed by atoms with E-state index in [9.17, 15) is 40.0 Å². The molecule has 3 aliphatic rings. The number of hydrogen-bond donors (Lipinski definition) is 0. The van der Waals surface area contributed by atoms with Gasteiger partial charge >= 0.3 is 0 Å². The Morgan fingerprint density at radius 3 is 2.05 bits per heavy atom. The van der Waals surface area contributed by atoms with Gasteiger partial charge in [0.2, 0.25) is 17.6 Å². The van der Waals surface area contributed by atoms with Crippen molar-refractivity contribution in [2.45, 2.75) is 49.7 Å². The Labute approximate surface area is 247 Å². The Balaban J connectivity index is 1.70. The predicted molar refractivity (Wildman–Crippen MR) is 141 cm³/mol. The summed E-state index contributed by atoms with van der Waals surface area (Å²) in [4.78, 5) is 30.7. The number of carbonyl (C=O) groups is 2. The average molecular weight is 653 g/mol. The lowest BCUT2D eigenvalue weighted by atomic mass is 9.96. The zero-order valence-corrected chi connectivity index (χ0v) is 24.4. The van der Waals surface area contributed by atoms with Crippen molar-refractivity contribution in [3.05, 3.63) is 74.9 Å². The van der Waals surface area contributed by atoms with E-state index in [1.807, 2.05) is 0 Å². The molecule has 0 aromatic heterocycles. The summed E-state index contributed by atoms with van der Waals surface area (Å²) in [5.74, 6) is -13.1. The lowest BCUT2D eigenvalue weighted by Crippen LogP contribution is -2.69. The van der Waals surface area contributed by atoms with E-state index >= 15 is 0 Å². The molecule has 2 unspecified atom stereocenters. The molecule has 16 heteroatoms. The summed E-state index contributed by atoms with van der Waals surface area (Å²) in [5, 5.41) is -0.0678. The molecule has 0 aliphatic carbocycles. The van der Waals surface area contributed by atoms with Gasteiger partial charge in [-0.3, -0.25) is 19.4 Å². The third kappa shape index (κ3) is 4.81. The molecule has 0 saturated carbocycles. The van der Waals surface area contributed by atoms with Gasteiger partial charge in [0.15, 0.2) is 23.3 Å². The number of fused-ring (bicyclic) bond motifs is 1. The zero-order valence-electron chi connectivity index (χ0n) is 22.1. The summed E-state index contributed by atoms with van der Waals surface area (Å²) in [5.41, 5.74) is -1.32. The molecule has 3 heterocycles. The SMILES string of the molecule is CC(C)N1C=C2N(C(=O)C(N3CCC3)CN2S(=O)(=O)c2ccc(Cl)cc2Cl)C(Cc2c(F)c(F)c(F)c(F)c2F)C1=O. The highest BCUT2D eigenvalue weighted by Gasteiger charge is 2.52. The molecular weight excluding hydrogens is 630 g/mol. The number of benzene rings is 2. The first-order valence-corrected chi connectivity index (χ1v) is 15.0. The number of amides is 2. The fourth-order valence-electron chi connectivity index (χ4n) is 5.19. The summed E-state index contributed by atoms with van der Waals surface area (Å²) in [6.45, 7) is 3.57. The Morgan fingerprint density at radius 1 is 0.929 bits per heavy atom. The molecule has 0 N–H and O–H groups in total. The van der Waals surface area contributed by atoms with Crippen molar-refractivity contribution < 1.29 is 40.0 Å². The Kier molecular flexibility index (Phi) is 7.96. The minimum atomic E-state index is -4.55. The van der Waals surface area contributed by atoms with Crippen LogP contribution in [0.3, 0.4) is 0 Å². The Bertz CT molecular complexity index is 1610. The zero-order chi connectivity index (χ0) is 30.8. The van der Waals surface area contributed by atoms with Crippen LogP contribution in [0.15, 0.2) is 35.1 Å². The van der Waals surface area contributed by atoms with E-state index in [1.54, 1.807) is 18.7 Å². The molecule has 0 spiro atoms. The highest BCUT2D eigenvalue weighted by atomic mass is 35.5. The van der Waals surface area contributed by atoms with Gasteiger partial charge in [0.05, 0.1) is 11.6 Å². The maximum absolute atomic E-state index is 14.8. The van der Waals surface area contributed by atoms with Crippen LogP contribution < -0.4 is 0 Å². The molecule has 2 aromatic rings. The smallest absolute Gasteiger partial charge is 0.267 e. The van der Waals surface area contributed by atoms with E-state index in [0.29, 0.717) is 19.5 Å². The van der Waals surface area contributed by atoms with E-state index in [0.717, 1.165) is 20.3 Å². The normalized spacial score (nSPS) is 21.6. The lowest BCUT2D eigenvalue weighted by Gasteiger charge is -2.51. The second-order valence-corrected chi connectivity index (χ2v) is 13.0. The number of carbonyl (C=O) groups excluding carboxylic acids is 2. The van der Waals surface area contributed by atoms with Crippen LogP contribution >= 0.6 is 23.2 Å². The summed E-state index contributed by atoms with van der Waals surface area (Å²) in [6, 6.07) is 0.0507. The quantitative estimate of drug-likeness (QED) is 0.265. The molecule has 8 nitrogen and oxygen atoms in total. The van der Waals surface area contributed by atoms with Crippen molar-refractivity contribution >= 4 is 45.0 Å². The molecular formula is C26H23Cl2F5N4O4S. The van der Waals surface area contributed by atoms with Crippen molar-refractivity contribution in [3.63, 3.8) is 0 Å². The number of halogens is 7. The van der Waals surface area contributed by atoms with Crippen LogP contribution in [0, 0.1) is 29.1 Å². The van der Waals surface area contributed by atoms with Crippen molar-refractivity contribution in [1.82, 2.24) is 19.0 Å². The second kappa shape index (κ2) is 11.0. The molecule has 2 fully saturated rings. The highest BCUT2D eigenvalue weighted by molar-refractivity contribution is 7.89. The van der Waals surface area contributed by atoms with Gasteiger partial charge in [0.25, 0.3) is 10.0 Å². The Hall–Kier alpha value is -2.94. The van der Waals surface area contributed by atoms with Gasteiger partial charge in [0.1, 0.15) is 22.8 Å². The van der Waals surface area contributed by atoms with Crippen molar-refractivity contribution in [1.29, 1.82) is 0 Å². The topological polar surface area (TPSA) is 81.2 Å². The van der Waals surface area contributed by atoms with Gasteiger partial charge < -0.3 is 4.90 Å². The van der Waals surface area contributed by atoms with Crippen LogP contribution in [0.1, 0.15) is 25.8 Å². The molecule has 226 valence electrons. The number of nitrogens with zero attached hydrogens (tertiary/aromatic N) is 4. The second-order valence-electron chi connectivity index (χ2n) is 10.3. The van der Waals surface area contributed by atoms with E-state index in [1.165, 1.54) is 18.2 Å². The molecule has 0 radical (unpaired) electrons.